The second-order valence-corrected chi connectivity index (χ2v) is 6.83. The molecule has 1 atom stereocenters. The molecule has 0 aromatic heterocycles. The number of aryl methyl sites for hydroxylation is 1. The molecule has 20 heavy (non-hydrogen) atoms. The zero-order valence-electron chi connectivity index (χ0n) is 10.5. The minimum atomic E-state index is -3.84. The Kier molecular flexibility index (Phi) is 4.02. The van der Waals surface area contributed by atoms with Crippen LogP contribution in [-0.4, -0.2) is 31.4 Å². The Morgan fingerprint density at radius 1 is 1.50 bits per heavy atom. The fourth-order valence-corrected chi connectivity index (χ4v) is 3.33. The lowest BCUT2D eigenvalue weighted by molar-refractivity contribution is -0.117. The summed E-state index contributed by atoms with van der Waals surface area (Å²) in [5.74, 6) is -0.0500. The van der Waals surface area contributed by atoms with Gasteiger partial charge in [-0.3, -0.25) is 9.59 Å². The van der Waals surface area contributed by atoms with Crippen LogP contribution in [-0.2, 0) is 14.8 Å². The number of nitrogens with one attached hydrogen (secondary N) is 2. The Bertz CT molecular complexity index is 672. The zero-order valence-corrected chi connectivity index (χ0v) is 12.2. The van der Waals surface area contributed by atoms with Crippen LogP contribution in [0.25, 0.3) is 0 Å². The van der Waals surface area contributed by atoms with E-state index in [1.165, 1.54) is 6.07 Å². The maximum Gasteiger partial charge on any atom is 0.279 e. The molecular formula is C11H13N3O4S2. The van der Waals surface area contributed by atoms with E-state index in [2.05, 4.69) is 10.6 Å². The molecule has 9 heteroatoms. The van der Waals surface area contributed by atoms with Crippen LogP contribution in [0.1, 0.15) is 5.56 Å². The van der Waals surface area contributed by atoms with Gasteiger partial charge in [0, 0.05) is 11.4 Å². The SMILES string of the molecule is Cc1ccc(NC(=O)C2CSC(=O)N2)cc1S(N)(=O)=O. The van der Waals surface area contributed by atoms with Gasteiger partial charge in [-0.05, 0) is 24.6 Å². The van der Waals surface area contributed by atoms with Crippen molar-refractivity contribution in [1.82, 2.24) is 5.32 Å². The molecule has 4 N–H and O–H groups in total. The number of carbonyl (C=O) groups is 2. The topological polar surface area (TPSA) is 118 Å². The number of nitrogens with two attached hydrogens (primary N) is 1. The lowest BCUT2D eigenvalue weighted by Crippen LogP contribution is -2.38. The second kappa shape index (κ2) is 5.43. The van der Waals surface area contributed by atoms with Crippen LogP contribution in [0, 0.1) is 6.92 Å². The Hall–Kier alpha value is -1.58. The molecule has 0 radical (unpaired) electrons. The Morgan fingerprint density at radius 2 is 2.20 bits per heavy atom. The van der Waals surface area contributed by atoms with Crippen molar-refractivity contribution in [1.29, 1.82) is 0 Å². The molecule has 2 rings (SSSR count). The predicted octanol–water partition coefficient (Wildman–Crippen LogP) is 0.406. The van der Waals surface area contributed by atoms with Crippen molar-refractivity contribution in [2.24, 2.45) is 5.14 Å². The quantitative estimate of drug-likeness (QED) is 0.746. The number of sulfonamides is 1. The molecule has 108 valence electrons. The van der Waals surface area contributed by atoms with Gasteiger partial charge in [0.25, 0.3) is 5.24 Å². The monoisotopic (exact) mass is 315 g/mol. The van der Waals surface area contributed by atoms with Crippen molar-refractivity contribution in [3.8, 4) is 0 Å². The number of carbonyl (C=O) groups excluding carboxylic acids is 2. The molecule has 1 unspecified atom stereocenters. The summed E-state index contributed by atoms with van der Waals surface area (Å²) in [6, 6.07) is 3.81. The van der Waals surface area contributed by atoms with Crippen LogP contribution in [0.15, 0.2) is 23.1 Å². The zero-order chi connectivity index (χ0) is 14.9. The van der Waals surface area contributed by atoms with Crippen LogP contribution in [0.3, 0.4) is 0 Å². The van der Waals surface area contributed by atoms with E-state index in [1.54, 1.807) is 19.1 Å². The van der Waals surface area contributed by atoms with Crippen molar-refractivity contribution in [3.05, 3.63) is 23.8 Å². The number of rotatable bonds is 3. The maximum atomic E-state index is 11.9. The molecule has 0 aliphatic carbocycles. The molecule has 1 aromatic carbocycles. The van der Waals surface area contributed by atoms with E-state index < -0.39 is 22.0 Å². The van der Waals surface area contributed by atoms with Crippen molar-refractivity contribution >= 4 is 38.6 Å². The van der Waals surface area contributed by atoms with Gasteiger partial charge in [0.2, 0.25) is 15.9 Å². The highest BCUT2D eigenvalue weighted by molar-refractivity contribution is 8.14. The fraction of sp³-hybridized carbons (Fsp3) is 0.273. The van der Waals surface area contributed by atoms with Crippen LogP contribution >= 0.6 is 11.8 Å². The summed E-state index contributed by atoms with van der Waals surface area (Å²) in [4.78, 5) is 22.9. The van der Waals surface area contributed by atoms with Gasteiger partial charge in [0.05, 0.1) is 4.90 Å². The first-order valence-corrected chi connectivity index (χ1v) is 8.18. The summed E-state index contributed by atoms with van der Waals surface area (Å²) in [5.41, 5.74) is 0.811. The Morgan fingerprint density at radius 3 is 2.75 bits per heavy atom. The van der Waals surface area contributed by atoms with Gasteiger partial charge in [-0.15, -0.1) is 0 Å². The van der Waals surface area contributed by atoms with Gasteiger partial charge in [0.15, 0.2) is 0 Å². The molecule has 0 bridgehead atoms. The third-order valence-electron chi connectivity index (χ3n) is 2.75. The highest BCUT2D eigenvalue weighted by Crippen LogP contribution is 2.20. The average Bonchev–Trinajstić information content (AvgIpc) is 2.77. The molecule has 1 aromatic rings. The number of anilines is 1. The van der Waals surface area contributed by atoms with E-state index in [0.29, 0.717) is 17.0 Å². The van der Waals surface area contributed by atoms with Gasteiger partial charge < -0.3 is 10.6 Å². The lowest BCUT2D eigenvalue weighted by atomic mass is 10.2. The van der Waals surface area contributed by atoms with Crippen molar-refractivity contribution in [2.75, 3.05) is 11.1 Å². The van der Waals surface area contributed by atoms with E-state index in [4.69, 9.17) is 5.14 Å². The largest absolute Gasteiger partial charge is 0.334 e. The minimum Gasteiger partial charge on any atom is -0.334 e. The molecule has 0 saturated carbocycles. The van der Waals surface area contributed by atoms with Crippen LogP contribution < -0.4 is 15.8 Å². The minimum absolute atomic E-state index is 0.0415. The summed E-state index contributed by atoms with van der Waals surface area (Å²) >= 11 is 1.03. The molecule has 2 amide bonds. The van der Waals surface area contributed by atoms with E-state index in [1.807, 2.05) is 0 Å². The Labute approximate surface area is 120 Å². The average molecular weight is 315 g/mol. The maximum absolute atomic E-state index is 11.9. The van der Waals surface area contributed by atoms with Crippen LogP contribution in [0.2, 0.25) is 0 Å². The first-order valence-electron chi connectivity index (χ1n) is 5.65. The van der Waals surface area contributed by atoms with Crippen molar-refractivity contribution < 1.29 is 18.0 Å². The van der Waals surface area contributed by atoms with Gasteiger partial charge in [-0.1, -0.05) is 17.8 Å². The first kappa shape index (κ1) is 14.8. The normalized spacial score (nSPS) is 18.7. The van der Waals surface area contributed by atoms with Crippen LogP contribution in [0.5, 0.6) is 0 Å². The summed E-state index contributed by atoms with van der Waals surface area (Å²) in [6.45, 7) is 1.61. The smallest absolute Gasteiger partial charge is 0.279 e. The number of benzene rings is 1. The number of primary sulfonamides is 1. The number of thioether (sulfide) groups is 1. The van der Waals surface area contributed by atoms with E-state index in [-0.39, 0.29) is 10.1 Å². The van der Waals surface area contributed by atoms with E-state index in [9.17, 15) is 18.0 Å². The Balaban J connectivity index is 2.18. The fourth-order valence-electron chi connectivity index (χ4n) is 1.74. The number of hydrogen-bond donors (Lipinski definition) is 3. The van der Waals surface area contributed by atoms with Gasteiger partial charge in [-0.2, -0.15) is 0 Å². The third-order valence-corrected chi connectivity index (χ3v) is 4.68. The molecule has 1 heterocycles. The highest BCUT2D eigenvalue weighted by atomic mass is 32.2. The molecule has 1 fully saturated rings. The van der Waals surface area contributed by atoms with Crippen molar-refractivity contribution in [3.63, 3.8) is 0 Å². The van der Waals surface area contributed by atoms with Crippen molar-refractivity contribution in [2.45, 2.75) is 17.9 Å². The summed E-state index contributed by atoms with van der Waals surface area (Å²) in [5, 5.41) is 9.90. The second-order valence-electron chi connectivity index (χ2n) is 4.31. The summed E-state index contributed by atoms with van der Waals surface area (Å²) in [6.07, 6.45) is 0. The summed E-state index contributed by atoms with van der Waals surface area (Å²) < 4.78 is 22.8. The molecule has 1 saturated heterocycles. The third kappa shape index (κ3) is 3.30. The predicted molar refractivity (Wildman–Crippen MR) is 76.0 cm³/mol. The molecule has 7 nitrogen and oxygen atoms in total. The molecule has 0 spiro atoms. The standard InChI is InChI=1S/C11H13N3O4S2/c1-6-2-3-7(4-9(6)20(12,17)18)13-10(15)8-5-19-11(16)14-8/h2-4,8H,5H2,1H3,(H,13,15)(H,14,16)(H2,12,17,18). The van der Waals surface area contributed by atoms with E-state index in [0.717, 1.165) is 11.8 Å². The summed E-state index contributed by atoms with van der Waals surface area (Å²) in [7, 11) is -3.84. The lowest BCUT2D eigenvalue weighted by Gasteiger charge is -2.12. The highest BCUT2D eigenvalue weighted by Gasteiger charge is 2.28. The molecular weight excluding hydrogens is 302 g/mol. The molecule has 1 aliphatic heterocycles. The number of hydrogen-bond acceptors (Lipinski definition) is 5. The molecule has 1 aliphatic rings. The van der Waals surface area contributed by atoms with E-state index >= 15 is 0 Å². The van der Waals surface area contributed by atoms with Crippen LogP contribution in [0.4, 0.5) is 10.5 Å². The number of amides is 2. The van der Waals surface area contributed by atoms with Gasteiger partial charge in [0.1, 0.15) is 6.04 Å². The van der Waals surface area contributed by atoms with Gasteiger partial charge in [-0.25, -0.2) is 13.6 Å². The van der Waals surface area contributed by atoms with Gasteiger partial charge >= 0.3 is 0 Å². The first-order chi connectivity index (χ1) is 9.27.